The molecule has 0 amide bonds. The molecule has 0 saturated heterocycles. The van der Waals surface area contributed by atoms with Gasteiger partial charge in [0.1, 0.15) is 0 Å². The number of nitrogens with one attached hydrogen (secondary N) is 1. The smallest absolute Gasteiger partial charge is 0.307 e. The first kappa shape index (κ1) is 12.8. The first-order chi connectivity index (χ1) is 8.61. The fraction of sp³-hybridized carbons (Fsp3) is 0.385. The van der Waals surface area contributed by atoms with Gasteiger partial charge in [-0.05, 0) is 43.8 Å². The highest BCUT2D eigenvalue weighted by atomic mass is 32.1. The number of imidazole rings is 1. The number of carbonyl (C=O) groups is 1. The summed E-state index contributed by atoms with van der Waals surface area (Å²) >= 11 is 5.27. The van der Waals surface area contributed by atoms with Crippen LogP contribution < -0.4 is 0 Å². The van der Waals surface area contributed by atoms with Crippen molar-refractivity contribution in [3.63, 3.8) is 0 Å². The van der Waals surface area contributed by atoms with Crippen molar-refractivity contribution < 1.29 is 9.53 Å². The van der Waals surface area contributed by atoms with Gasteiger partial charge in [-0.2, -0.15) is 0 Å². The Kier molecular flexibility index (Phi) is 3.81. The van der Waals surface area contributed by atoms with Crippen LogP contribution in [0.15, 0.2) is 18.2 Å². The van der Waals surface area contributed by atoms with E-state index in [0.29, 0.717) is 24.3 Å². The Morgan fingerprint density at radius 3 is 3.00 bits per heavy atom. The highest BCUT2D eigenvalue weighted by Gasteiger charge is 2.07. The minimum Gasteiger partial charge on any atom is -0.466 e. The van der Waals surface area contributed by atoms with Crippen LogP contribution in [0.25, 0.3) is 11.0 Å². The molecule has 0 aliphatic rings. The third-order valence-corrected chi connectivity index (χ3v) is 3.10. The molecule has 0 saturated carbocycles. The van der Waals surface area contributed by atoms with E-state index < -0.39 is 0 Å². The molecule has 0 radical (unpaired) electrons. The molecule has 2 rings (SSSR count). The van der Waals surface area contributed by atoms with Gasteiger partial charge < -0.3 is 14.3 Å². The SMILES string of the molecule is CCOC(=O)CCn1c(=S)[nH]c2ccc(C)cc21. The van der Waals surface area contributed by atoms with Crippen LogP contribution in [0.2, 0.25) is 0 Å². The van der Waals surface area contributed by atoms with Crippen LogP contribution in [0.4, 0.5) is 0 Å². The molecule has 1 N–H and O–H groups in total. The largest absolute Gasteiger partial charge is 0.466 e. The summed E-state index contributed by atoms with van der Waals surface area (Å²) < 4.78 is 7.50. The molecule has 4 nitrogen and oxygen atoms in total. The highest BCUT2D eigenvalue weighted by Crippen LogP contribution is 2.16. The Bertz CT molecular complexity index is 627. The van der Waals surface area contributed by atoms with Crippen LogP contribution in [0.5, 0.6) is 0 Å². The van der Waals surface area contributed by atoms with Crippen molar-refractivity contribution in [2.45, 2.75) is 26.8 Å². The number of nitrogens with zero attached hydrogens (tertiary/aromatic N) is 1. The molecule has 1 heterocycles. The van der Waals surface area contributed by atoms with E-state index in [1.54, 1.807) is 6.92 Å². The fourth-order valence-corrected chi connectivity index (χ4v) is 2.22. The van der Waals surface area contributed by atoms with Gasteiger partial charge in [0.2, 0.25) is 0 Å². The molecule has 0 spiro atoms. The lowest BCUT2D eigenvalue weighted by atomic mass is 10.2. The second kappa shape index (κ2) is 5.35. The van der Waals surface area contributed by atoms with Gasteiger partial charge >= 0.3 is 5.97 Å². The van der Waals surface area contributed by atoms with E-state index >= 15 is 0 Å². The van der Waals surface area contributed by atoms with Gasteiger partial charge in [0, 0.05) is 6.54 Å². The summed E-state index contributed by atoms with van der Waals surface area (Å²) in [6.07, 6.45) is 0.336. The Morgan fingerprint density at radius 2 is 2.28 bits per heavy atom. The van der Waals surface area contributed by atoms with Gasteiger partial charge in [0.05, 0.1) is 24.1 Å². The lowest BCUT2D eigenvalue weighted by Crippen LogP contribution is -2.09. The molecule has 2 aromatic rings. The quantitative estimate of drug-likeness (QED) is 0.682. The van der Waals surface area contributed by atoms with Crippen molar-refractivity contribution in [1.29, 1.82) is 0 Å². The maximum absolute atomic E-state index is 11.4. The van der Waals surface area contributed by atoms with Crippen molar-refractivity contribution >= 4 is 29.2 Å². The number of aromatic nitrogens is 2. The summed E-state index contributed by atoms with van der Waals surface area (Å²) in [5.41, 5.74) is 3.19. The molecule has 0 unspecified atom stereocenters. The molecule has 1 aromatic carbocycles. The van der Waals surface area contributed by atoms with E-state index in [9.17, 15) is 4.79 Å². The molecular weight excluding hydrogens is 248 g/mol. The topological polar surface area (TPSA) is 47.0 Å². The summed E-state index contributed by atoms with van der Waals surface area (Å²) in [7, 11) is 0. The molecule has 0 aliphatic carbocycles. The van der Waals surface area contributed by atoms with Crippen molar-refractivity contribution in [2.24, 2.45) is 0 Å². The normalized spacial score (nSPS) is 10.8. The number of carbonyl (C=O) groups excluding carboxylic acids is 1. The number of hydrogen-bond donors (Lipinski definition) is 1. The third-order valence-electron chi connectivity index (χ3n) is 2.78. The summed E-state index contributed by atoms with van der Waals surface area (Å²) in [6.45, 7) is 4.79. The molecule has 1 aromatic heterocycles. The molecule has 18 heavy (non-hydrogen) atoms. The molecule has 0 aliphatic heterocycles. The molecule has 0 fully saturated rings. The van der Waals surface area contributed by atoms with E-state index in [-0.39, 0.29) is 5.97 Å². The van der Waals surface area contributed by atoms with Crippen molar-refractivity contribution in [2.75, 3.05) is 6.61 Å². The first-order valence-electron chi connectivity index (χ1n) is 5.96. The van der Waals surface area contributed by atoms with Gasteiger partial charge in [-0.25, -0.2) is 0 Å². The van der Waals surface area contributed by atoms with E-state index in [1.807, 2.05) is 23.6 Å². The van der Waals surface area contributed by atoms with Crippen LogP contribution >= 0.6 is 12.2 Å². The van der Waals surface area contributed by atoms with Gasteiger partial charge in [-0.3, -0.25) is 4.79 Å². The Hall–Kier alpha value is -1.62. The maximum Gasteiger partial charge on any atom is 0.307 e. The highest BCUT2D eigenvalue weighted by molar-refractivity contribution is 7.71. The first-order valence-corrected chi connectivity index (χ1v) is 6.37. The fourth-order valence-electron chi connectivity index (χ4n) is 1.92. The van der Waals surface area contributed by atoms with E-state index in [0.717, 1.165) is 11.0 Å². The summed E-state index contributed by atoms with van der Waals surface area (Å²) in [6, 6.07) is 6.09. The lowest BCUT2D eigenvalue weighted by molar-refractivity contribution is -0.143. The zero-order chi connectivity index (χ0) is 13.1. The van der Waals surface area contributed by atoms with Crippen molar-refractivity contribution in [1.82, 2.24) is 9.55 Å². The minimum atomic E-state index is -0.193. The molecular formula is C13H16N2O2S. The number of fused-ring (bicyclic) bond motifs is 1. The van der Waals surface area contributed by atoms with Crippen LogP contribution in [-0.4, -0.2) is 22.1 Å². The summed E-state index contributed by atoms with van der Waals surface area (Å²) in [5, 5.41) is 0. The van der Waals surface area contributed by atoms with E-state index in [2.05, 4.69) is 11.1 Å². The number of H-pyrrole nitrogens is 1. The number of esters is 1. The van der Waals surface area contributed by atoms with Crippen LogP contribution in [0, 0.1) is 11.7 Å². The second-order valence-electron chi connectivity index (χ2n) is 4.16. The summed E-state index contributed by atoms with van der Waals surface area (Å²) in [5.74, 6) is -0.193. The third kappa shape index (κ3) is 2.61. The van der Waals surface area contributed by atoms with Gasteiger partial charge in [-0.15, -0.1) is 0 Å². The van der Waals surface area contributed by atoms with Crippen molar-refractivity contribution in [3.05, 3.63) is 28.5 Å². The Morgan fingerprint density at radius 1 is 1.50 bits per heavy atom. The number of hydrogen-bond acceptors (Lipinski definition) is 3. The van der Waals surface area contributed by atoms with Gasteiger partial charge in [0.15, 0.2) is 4.77 Å². The molecule has 5 heteroatoms. The summed E-state index contributed by atoms with van der Waals surface area (Å²) in [4.78, 5) is 14.5. The van der Waals surface area contributed by atoms with Gasteiger partial charge in [-0.1, -0.05) is 6.07 Å². The maximum atomic E-state index is 11.4. The molecule has 0 bridgehead atoms. The van der Waals surface area contributed by atoms with E-state index in [4.69, 9.17) is 17.0 Å². The Labute approximate surface area is 111 Å². The van der Waals surface area contributed by atoms with Gasteiger partial charge in [0.25, 0.3) is 0 Å². The van der Waals surface area contributed by atoms with Crippen LogP contribution in [0.1, 0.15) is 18.9 Å². The number of rotatable bonds is 4. The predicted molar refractivity (Wildman–Crippen MR) is 73.1 cm³/mol. The monoisotopic (exact) mass is 264 g/mol. The number of ether oxygens (including phenoxy) is 1. The minimum absolute atomic E-state index is 0.193. The number of aromatic amines is 1. The number of benzene rings is 1. The van der Waals surface area contributed by atoms with Crippen LogP contribution in [-0.2, 0) is 16.1 Å². The van der Waals surface area contributed by atoms with Crippen LogP contribution in [0.3, 0.4) is 0 Å². The zero-order valence-electron chi connectivity index (χ0n) is 10.5. The average molecular weight is 264 g/mol. The lowest BCUT2D eigenvalue weighted by Gasteiger charge is -2.05. The van der Waals surface area contributed by atoms with Crippen molar-refractivity contribution in [3.8, 4) is 0 Å². The molecule has 0 atom stereocenters. The molecule has 96 valence electrons. The predicted octanol–water partition coefficient (Wildman–Crippen LogP) is 2.96. The second-order valence-corrected chi connectivity index (χ2v) is 4.54. The Balaban J connectivity index is 2.27. The standard InChI is InChI=1S/C13H16N2O2S/c1-3-17-12(16)6-7-15-11-8-9(2)4-5-10(11)14-13(15)18/h4-5,8H,3,6-7H2,1-2H3,(H,14,18). The van der Waals surface area contributed by atoms with E-state index in [1.165, 1.54) is 5.56 Å². The number of aryl methyl sites for hydroxylation is 2. The zero-order valence-corrected chi connectivity index (χ0v) is 11.3. The average Bonchev–Trinajstić information content (AvgIpc) is 2.62.